The summed E-state index contributed by atoms with van der Waals surface area (Å²) in [5.74, 6) is -1.44. The molecule has 1 fully saturated rings. The van der Waals surface area contributed by atoms with Gasteiger partial charge in [-0.25, -0.2) is 9.18 Å². The number of hydrogen-bond acceptors (Lipinski definition) is 5. The number of aromatic nitrogens is 3. The lowest BCUT2D eigenvalue weighted by atomic mass is 9.82. The van der Waals surface area contributed by atoms with Crippen LogP contribution in [-0.2, 0) is 4.74 Å². The van der Waals surface area contributed by atoms with Crippen LogP contribution < -0.4 is 0 Å². The molecule has 35 heavy (non-hydrogen) atoms. The molecule has 1 saturated carbocycles. The molecule has 2 heterocycles. The van der Waals surface area contributed by atoms with E-state index in [1.165, 1.54) is 30.3 Å². The average Bonchev–Trinajstić information content (AvgIpc) is 3.27. The molecule has 8 heteroatoms. The molecular weight excluding hydrogens is 469 g/mol. The van der Waals surface area contributed by atoms with Gasteiger partial charge in [0, 0.05) is 11.8 Å². The lowest BCUT2D eigenvalue weighted by Gasteiger charge is -2.24. The fourth-order valence-corrected chi connectivity index (χ4v) is 5.13. The molecule has 1 aliphatic rings. The Hall–Kier alpha value is -3.58. The number of fused-ring (bicyclic) bond motifs is 1. The van der Waals surface area contributed by atoms with E-state index in [1.807, 2.05) is 12.1 Å². The van der Waals surface area contributed by atoms with Crippen molar-refractivity contribution in [1.82, 2.24) is 14.8 Å². The summed E-state index contributed by atoms with van der Waals surface area (Å²) < 4.78 is 21.0. The van der Waals surface area contributed by atoms with Crippen molar-refractivity contribution in [2.75, 3.05) is 7.11 Å². The number of carbonyl (C=O) groups excluding carboxylic acids is 2. The summed E-state index contributed by atoms with van der Waals surface area (Å²) in [4.78, 5) is 30.1. The number of nitrogens with zero attached hydrogens (tertiary/aromatic N) is 3. The topological polar surface area (TPSA) is 74.1 Å². The molecule has 0 aliphatic heterocycles. The van der Waals surface area contributed by atoms with Crippen molar-refractivity contribution in [3.05, 3.63) is 82.3 Å². The second-order valence-electron chi connectivity index (χ2n) is 8.66. The minimum absolute atomic E-state index is 0.0784. The van der Waals surface area contributed by atoms with E-state index in [1.54, 1.807) is 24.4 Å². The summed E-state index contributed by atoms with van der Waals surface area (Å²) in [7, 11) is 1.23. The molecule has 4 aromatic rings. The highest BCUT2D eigenvalue weighted by atomic mass is 35.5. The predicted molar refractivity (Wildman–Crippen MR) is 131 cm³/mol. The summed E-state index contributed by atoms with van der Waals surface area (Å²) >= 11 is 6.57. The molecule has 0 bridgehead atoms. The van der Waals surface area contributed by atoms with Gasteiger partial charge in [-0.2, -0.15) is 9.78 Å². The molecule has 0 unspecified atom stereocenters. The van der Waals surface area contributed by atoms with Gasteiger partial charge in [0.2, 0.25) is 0 Å². The number of esters is 1. The maximum atomic E-state index is 15.1. The molecule has 2 aromatic carbocycles. The van der Waals surface area contributed by atoms with Crippen molar-refractivity contribution in [3.8, 4) is 11.3 Å². The number of halogens is 2. The first kappa shape index (κ1) is 23.2. The molecule has 1 aliphatic carbocycles. The van der Waals surface area contributed by atoms with Crippen LogP contribution in [0.3, 0.4) is 0 Å². The zero-order chi connectivity index (χ0) is 24.5. The molecule has 0 radical (unpaired) electrons. The Morgan fingerprint density at radius 3 is 2.63 bits per heavy atom. The zero-order valence-corrected chi connectivity index (χ0v) is 19.9. The summed E-state index contributed by atoms with van der Waals surface area (Å²) in [5, 5.41) is 4.87. The first-order valence-corrected chi connectivity index (χ1v) is 11.9. The third kappa shape index (κ3) is 4.21. The Morgan fingerprint density at radius 1 is 1.09 bits per heavy atom. The lowest BCUT2D eigenvalue weighted by molar-refractivity contribution is 0.0600. The van der Waals surface area contributed by atoms with Crippen molar-refractivity contribution in [2.45, 2.75) is 38.0 Å². The normalized spacial score (nSPS) is 14.3. The maximum absolute atomic E-state index is 15.1. The van der Waals surface area contributed by atoms with E-state index in [0.717, 1.165) is 37.3 Å². The van der Waals surface area contributed by atoms with Crippen LogP contribution in [0.5, 0.6) is 0 Å². The molecule has 0 saturated heterocycles. The molecule has 2 aromatic heterocycles. The van der Waals surface area contributed by atoms with Crippen molar-refractivity contribution >= 4 is 34.5 Å². The summed E-state index contributed by atoms with van der Waals surface area (Å²) in [6.07, 6.45) is 7.00. The van der Waals surface area contributed by atoms with Gasteiger partial charge in [-0.1, -0.05) is 43.0 Å². The Balaban J connectivity index is 1.64. The van der Waals surface area contributed by atoms with E-state index in [-0.39, 0.29) is 28.6 Å². The van der Waals surface area contributed by atoms with Gasteiger partial charge in [0.15, 0.2) is 0 Å². The van der Waals surface area contributed by atoms with Crippen LogP contribution in [0.25, 0.3) is 22.3 Å². The van der Waals surface area contributed by atoms with Gasteiger partial charge >= 0.3 is 5.97 Å². The number of pyridine rings is 1. The van der Waals surface area contributed by atoms with Crippen molar-refractivity contribution in [2.24, 2.45) is 0 Å². The molecule has 0 amide bonds. The smallest absolute Gasteiger partial charge is 0.337 e. The lowest BCUT2D eigenvalue weighted by Crippen LogP contribution is -2.18. The second-order valence-corrected chi connectivity index (χ2v) is 9.07. The number of hydrogen-bond donors (Lipinski definition) is 0. The number of rotatable bonds is 4. The first-order valence-electron chi connectivity index (χ1n) is 11.5. The fourth-order valence-electron chi connectivity index (χ4n) is 4.87. The van der Waals surface area contributed by atoms with Gasteiger partial charge in [0.25, 0.3) is 5.91 Å². The highest BCUT2D eigenvalue weighted by Crippen LogP contribution is 2.37. The fraction of sp³-hybridized carbons (Fsp3) is 0.259. The van der Waals surface area contributed by atoms with E-state index in [4.69, 9.17) is 11.6 Å². The monoisotopic (exact) mass is 491 g/mol. The molecule has 0 N–H and O–H groups in total. The molecular formula is C27H23ClFN3O3. The molecule has 0 spiro atoms. The van der Waals surface area contributed by atoms with Crippen molar-refractivity contribution < 1.29 is 18.7 Å². The van der Waals surface area contributed by atoms with E-state index in [9.17, 15) is 9.59 Å². The second kappa shape index (κ2) is 9.58. The zero-order valence-electron chi connectivity index (χ0n) is 19.1. The summed E-state index contributed by atoms with van der Waals surface area (Å²) in [6.45, 7) is 0. The van der Waals surface area contributed by atoms with Crippen LogP contribution in [0.15, 0.2) is 54.7 Å². The van der Waals surface area contributed by atoms with Crippen LogP contribution in [0, 0.1) is 5.82 Å². The van der Waals surface area contributed by atoms with Crippen LogP contribution in [-0.4, -0.2) is 33.8 Å². The summed E-state index contributed by atoms with van der Waals surface area (Å²) in [6, 6.07) is 12.9. The highest BCUT2D eigenvalue weighted by molar-refractivity contribution is 6.34. The van der Waals surface area contributed by atoms with Gasteiger partial charge in [0.1, 0.15) is 17.0 Å². The van der Waals surface area contributed by atoms with Crippen LogP contribution in [0.1, 0.15) is 64.3 Å². The highest BCUT2D eigenvalue weighted by Gasteiger charge is 2.27. The van der Waals surface area contributed by atoms with Crippen molar-refractivity contribution in [3.63, 3.8) is 0 Å². The molecule has 5 rings (SSSR count). The van der Waals surface area contributed by atoms with Gasteiger partial charge in [-0.05, 0) is 60.7 Å². The largest absolute Gasteiger partial charge is 0.465 e. The molecule has 178 valence electrons. The first-order chi connectivity index (χ1) is 17.0. The van der Waals surface area contributed by atoms with Gasteiger partial charge in [-0.15, -0.1) is 0 Å². The van der Waals surface area contributed by atoms with Crippen LogP contribution >= 0.6 is 11.6 Å². The summed E-state index contributed by atoms with van der Waals surface area (Å²) in [5.41, 5.74) is 2.56. The van der Waals surface area contributed by atoms with E-state index < -0.39 is 11.8 Å². The standard InChI is InChI=1S/C27H23ClFN3O3/c1-35-27(34)17-12-13-19(21(29)15-17)24-25-22(11-6-14-30-25)32(31-24)26(33)23-18(9-5-10-20(23)28)16-7-3-2-4-8-16/h5-6,9-16H,2-4,7-8H2,1H3. The molecule has 0 atom stereocenters. The predicted octanol–water partition coefficient (Wildman–Crippen LogP) is 6.41. The Bertz CT molecular complexity index is 1440. The SMILES string of the molecule is COC(=O)c1ccc(-c2nn(C(=O)c3c(Cl)cccc3C3CCCCC3)c3cccnc23)c(F)c1. The van der Waals surface area contributed by atoms with Crippen LogP contribution in [0.4, 0.5) is 4.39 Å². The Kier molecular flexibility index (Phi) is 6.34. The van der Waals surface area contributed by atoms with Gasteiger partial charge < -0.3 is 4.74 Å². The van der Waals surface area contributed by atoms with Crippen molar-refractivity contribution in [1.29, 1.82) is 0 Å². The average molecular weight is 492 g/mol. The number of benzene rings is 2. The van der Waals surface area contributed by atoms with E-state index in [2.05, 4.69) is 14.8 Å². The third-order valence-corrected chi connectivity index (χ3v) is 6.90. The number of carbonyl (C=O) groups is 2. The Morgan fingerprint density at radius 2 is 1.89 bits per heavy atom. The minimum atomic E-state index is -0.668. The number of ether oxygens (including phenoxy) is 1. The van der Waals surface area contributed by atoms with E-state index >= 15 is 4.39 Å². The quantitative estimate of drug-likeness (QED) is 0.308. The third-order valence-electron chi connectivity index (χ3n) is 6.58. The maximum Gasteiger partial charge on any atom is 0.337 e. The molecule has 6 nitrogen and oxygen atoms in total. The Labute approximate surface area is 206 Å². The van der Waals surface area contributed by atoms with E-state index in [0.29, 0.717) is 21.6 Å². The van der Waals surface area contributed by atoms with Gasteiger partial charge in [-0.3, -0.25) is 9.78 Å². The number of methoxy groups -OCH3 is 1. The minimum Gasteiger partial charge on any atom is -0.465 e. The van der Waals surface area contributed by atoms with Gasteiger partial charge in [0.05, 0.1) is 28.8 Å². The van der Waals surface area contributed by atoms with Crippen LogP contribution in [0.2, 0.25) is 5.02 Å².